The predicted octanol–water partition coefficient (Wildman–Crippen LogP) is 3.45. The normalized spacial score (nSPS) is 10.6. The Kier molecular flexibility index (Phi) is 7.35. The third kappa shape index (κ3) is 4.43. The molecule has 2 aromatic heterocycles. The van der Waals surface area contributed by atoms with E-state index in [2.05, 4.69) is 24.0 Å². The van der Waals surface area contributed by atoms with Gasteiger partial charge in [-0.25, -0.2) is 9.67 Å². The molecule has 1 amide bonds. The number of carbonyl (C=O) groups is 1. The molecule has 0 spiro atoms. The quantitative estimate of drug-likeness (QED) is 0.663. The van der Waals surface area contributed by atoms with E-state index in [1.807, 2.05) is 30.7 Å². The number of benzene rings is 1. The SMILES string of the molecule is Cc1ccccc1-n1nc(C)c(CN(C)C(=O)c2csc(CCN)n2)c1C.Cl. The number of nitrogens with zero attached hydrogens (tertiary/aromatic N) is 4. The molecule has 28 heavy (non-hydrogen) atoms. The lowest BCUT2D eigenvalue weighted by molar-refractivity contribution is 0.0779. The minimum absolute atomic E-state index is 0. The smallest absolute Gasteiger partial charge is 0.273 e. The summed E-state index contributed by atoms with van der Waals surface area (Å²) in [6, 6.07) is 8.16. The number of hydrogen-bond acceptors (Lipinski definition) is 5. The Labute approximate surface area is 175 Å². The predicted molar refractivity (Wildman–Crippen MR) is 116 cm³/mol. The van der Waals surface area contributed by atoms with Gasteiger partial charge in [-0.3, -0.25) is 4.79 Å². The van der Waals surface area contributed by atoms with Gasteiger partial charge in [0.15, 0.2) is 0 Å². The number of amides is 1. The minimum atomic E-state index is -0.0861. The van der Waals surface area contributed by atoms with Gasteiger partial charge in [-0.2, -0.15) is 5.10 Å². The van der Waals surface area contributed by atoms with E-state index in [1.54, 1.807) is 17.3 Å². The molecule has 3 rings (SSSR count). The average Bonchev–Trinajstić information content (AvgIpc) is 3.22. The summed E-state index contributed by atoms with van der Waals surface area (Å²) in [5.41, 5.74) is 11.3. The van der Waals surface area contributed by atoms with Gasteiger partial charge in [-0.05, 0) is 38.9 Å². The molecule has 150 valence electrons. The van der Waals surface area contributed by atoms with Crippen LogP contribution in [0, 0.1) is 20.8 Å². The van der Waals surface area contributed by atoms with Crippen molar-refractivity contribution < 1.29 is 4.79 Å². The summed E-state index contributed by atoms with van der Waals surface area (Å²) in [6.45, 7) is 7.13. The highest BCUT2D eigenvalue weighted by atomic mass is 35.5. The van der Waals surface area contributed by atoms with Gasteiger partial charge in [0.05, 0.1) is 16.4 Å². The second-order valence-corrected chi connectivity index (χ2v) is 7.62. The fourth-order valence-electron chi connectivity index (χ4n) is 3.09. The molecular weight excluding hydrogens is 394 g/mol. The average molecular weight is 420 g/mol. The Morgan fingerprint density at radius 1 is 1.25 bits per heavy atom. The minimum Gasteiger partial charge on any atom is -0.336 e. The highest BCUT2D eigenvalue weighted by Crippen LogP contribution is 2.22. The van der Waals surface area contributed by atoms with Crippen LogP contribution in [0.2, 0.25) is 0 Å². The van der Waals surface area contributed by atoms with Crippen LogP contribution in [0.4, 0.5) is 0 Å². The van der Waals surface area contributed by atoms with Gasteiger partial charge in [-0.15, -0.1) is 23.7 Å². The number of carbonyl (C=O) groups excluding carboxylic acids is 1. The molecule has 0 atom stereocenters. The number of hydrogen-bond donors (Lipinski definition) is 1. The van der Waals surface area contributed by atoms with Gasteiger partial charge in [-0.1, -0.05) is 18.2 Å². The third-order valence-corrected chi connectivity index (χ3v) is 5.56. The molecule has 0 aliphatic carbocycles. The summed E-state index contributed by atoms with van der Waals surface area (Å²) in [5, 5.41) is 7.41. The van der Waals surface area contributed by atoms with Crippen molar-refractivity contribution in [2.45, 2.75) is 33.7 Å². The van der Waals surface area contributed by atoms with Crippen molar-refractivity contribution >= 4 is 29.7 Å². The summed E-state index contributed by atoms with van der Waals surface area (Å²) in [5.74, 6) is -0.0861. The summed E-state index contributed by atoms with van der Waals surface area (Å²) in [7, 11) is 1.80. The third-order valence-electron chi connectivity index (χ3n) is 4.66. The molecule has 8 heteroatoms. The molecule has 0 fully saturated rings. The fraction of sp³-hybridized carbons (Fsp3) is 0.350. The first-order valence-corrected chi connectivity index (χ1v) is 9.81. The van der Waals surface area contributed by atoms with Crippen molar-refractivity contribution in [2.75, 3.05) is 13.6 Å². The van der Waals surface area contributed by atoms with Gasteiger partial charge in [0.2, 0.25) is 0 Å². The lowest BCUT2D eigenvalue weighted by Gasteiger charge is -2.16. The Hall–Kier alpha value is -2.22. The molecule has 0 saturated carbocycles. The van der Waals surface area contributed by atoms with Crippen molar-refractivity contribution in [3.63, 3.8) is 0 Å². The maximum Gasteiger partial charge on any atom is 0.273 e. The number of aromatic nitrogens is 3. The number of thiazole rings is 1. The first-order chi connectivity index (χ1) is 12.9. The monoisotopic (exact) mass is 419 g/mol. The summed E-state index contributed by atoms with van der Waals surface area (Å²) >= 11 is 1.48. The zero-order chi connectivity index (χ0) is 19.6. The Balaban J connectivity index is 0.00000280. The van der Waals surface area contributed by atoms with E-state index in [4.69, 9.17) is 10.8 Å². The van der Waals surface area contributed by atoms with Crippen molar-refractivity contribution in [1.29, 1.82) is 0 Å². The van der Waals surface area contributed by atoms with E-state index in [-0.39, 0.29) is 18.3 Å². The highest BCUT2D eigenvalue weighted by Gasteiger charge is 2.20. The molecule has 0 radical (unpaired) electrons. The Bertz CT molecular complexity index is 965. The van der Waals surface area contributed by atoms with Crippen LogP contribution < -0.4 is 5.73 Å². The summed E-state index contributed by atoms with van der Waals surface area (Å²) < 4.78 is 1.96. The number of para-hydroxylation sites is 1. The molecule has 0 bridgehead atoms. The van der Waals surface area contributed by atoms with E-state index in [1.165, 1.54) is 11.3 Å². The van der Waals surface area contributed by atoms with Crippen molar-refractivity contribution in [3.8, 4) is 5.69 Å². The van der Waals surface area contributed by atoms with Gasteiger partial charge >= 0.3 is 0 Å². The first-order valence-electron chi connectivity index (χ1n) is 8.93. The molecule has 2 N–H and O–H groups in total. The number of nitrogens with two attached hydrogens (primary N) is 1. The lowest BCUT2D eigenvalue weighted by Crippen LogP contribution is -2.27. The van der Waals surface area contributed by atoms with E-state index < -0.39 is 0 Å². The Morgan fingerprint density at radius 2 is 1.96 bits per heavy atom. The lowest BCUT2D eigenvalue weighted by atomic mass is 10.1. The zero-order valence-electron chi connectivity index (χ0n) is 16.6. The van der Waals surface area contributed by atoms with Crippen LogP contribution in [-0.4, -0.2) is 39.2 Å². The van der Waals surface area contributed by atoms with E-state index in [9.17, 15) is 4.79 Å². The van der Waals surface area contributed by atoms with Gasteiger partial charge in [0, 0.05) is 36.7 Å². The van der Waals surface area contributed by atoms with Crippen LogP contribution in [-0.2, 0) is 13.0 Å². The maximum atomic E-state index is 12.7. The molecule has 2 heterocycles. The summed E-state index contributed by atoms with van der Waals surface area (Å²) in [6.07, 6.45) is 0.697. The largest absolute Gasteiger partial charge is 0.336 e. The van der Waals surface area contributed by atoms with Crippen LogP contribution in [0.1, 0.15) is 38.0 Å². The second-order valence-electron chi connectivity index (χ2n) is 6.67. The molecule has 0 aliphatic heterocycles. The van der Waals surface area contributed by atoms with Crippen molar-refractivity contribution in [2.24, 2.45) is 5.73 Å². The topological polar surface area (TPSA) is 77.0 Å². The van der Waals surface area contributed by atoms with Crippen LogP contribution in [0.3, 0.4) is 0 Å². The van der Waals surface area contributed by atoms with E-state index >= 15 is 0 Å². The highest BCUT2D eigenvalue weighted by molar-refractivity contribution is 7.09. The fourth-order valence-corrected chi connectivity index (χ4v) is 3.88. The zero-order valence-corrected chi connectivity index (χ0v) is 18.2. The summed E-state index contributed by atoms with van der Waals surface area (Å²) in [4.78, 5) is 18.8. The molecule has 6 nitrogen and oxygen atoms in total. The molecule has 0 unspecified atom stereocenters. The molecular formula is C20H26ClN5OS. The van der Waals surface area contributed by atoms with Crippen LogP contribution in [0.5, 0.6) is 0 Å². The second kappa shape index (κ2) is 9.32. The van der Waals surface area contributed by atoms with Gasteiger partial charge in [0.25, 0.3) is 5.91 Å². The van der Waals surface area contributed by atoms with Crippen LogP contribution >= 0.6 is 23.7 Å². The number of halogens is 1. The van der Waals surface area contributed by atoms with Gasteiger partial charge in [0.1, 0.15) is 5.69 Å². The van der Waals surface area contributed by atoms with Crippen LogP contribution in [0.25, 0.3) is 5.69 Å². The molecule has 0 saturated heterocycles. The van der Waals surface area contributed by atoms with E-state index in [0.717, 1.165) is 33.2 Å². The molecule has 3 aromatic rings. The molecule has 1 aromatic carbocycles. The molecule has 0 aliphatic rings. The first kappa shape index (κ1) is 22.1. The standard InChI is InChI=1S/C20H25N5OS.ClH/c1-13-7-5-6-8-18(13)25-15(3)16(14(2)23-25)11-24(4)20(26)17-12-27-19(22-17)9-10-21;/h5-8,12H,9-11,21H2,1-4H3;1H. The van der Waals surface area contributed by atoms with Crippen molar-refractivity contribution in [1.82, 2.24) is 19.7 Å². The number of aryl methyl sites for hydroxylation is 2. The van der Waals surface area contributed by atoms with Gasteiger partial charge < -0.3 is 10.6 Å². The Morgan fingerprint density at radius 3 is 2.64 bits per heavy atom. The maximum absolute atomic E-state index is 12.7. The van der Waals surface area contributed by atoms with Crippen molar-refractivity contribution in [3.05, 3.63) is 62.9 Å². The van der Waals surface area contributed by atoms with E-state index in [0.29, 0.717) is 25.2 Å². The van der Waals surface area contributed by atoms with Crippen LogP contribution in [0.15, 0.2) is 29.6 Å². The number of rotatable bonds is 6.